The molecule has 3 rings (SSSR count). The van der Waals surface area contributed by atoms with Crippen LogP contribution in [0.5, 0.6) is 11.5 Å². The molecule has 2 N–H and O–H groups in total. The number of hydrogen-bond donors (Lipinski definition) is 2. The van der Waals surface area contributed by atoms with Crippen LogP contribution in [-0.2, 0) is 21.2 Å². The lowest BCUT2D eigenvalue weighted by molar-refractivity contribution is -0.117. The number of benzene rings is 3. The van der Waals surface area contributed by atoms with E-state index >= 15 is 0 Å². The molecule has 0 aromatic heterocycles. The van der Waals surface area contributed by atoms with Crippen molar-refractivity contribution in [3.05, 3.63) is 82.9 Å². The molecule has 0 aliphatic heterocycles. The van der Waals surface area contributed by atoms with Crippen LogP contribution in [0.2, 0.25) is 5.02 Å². The van der Waals surface area contributed by atoms with E-state index in [-0.39, 0.29) is 17.1 Å². The molecule has 1 amide bonds. The summed E-state index contributed by atoms with van der Waals surface area (Å²) in [5, 5.41) is 3.05. The summed E-state index contributed by atoms with van der Waals surface area (Å²) >= 11 is 6.16. The molecule has 0 unspecified atom stereocenters. The van der Waals surface area contributed by atoms with E-state index < -0.39 is 22.0 Å². The predicted octanol–water partition coefficient (Wildman–Crippen LogP) is 4.19. The number of rotatable bonds is 9. The van der Waals surface area contributed by atoms with Gasteiger partial charge in [0, 0.05) is 5.69 Å². The summed E-state index contributed by atoms with van der Waals surface area (Å²) in [6, 6.07) is 17.7. The molecule has 0 bridgehead atoms. The summed E-state index contributed by atoms with van der Waals surface area (Å²) in [7, 11) is -1.20. The number of hydrogen-bond acceptors (Lipinski definition) is 5. The van der Waals surface area contributed by atoms with Crippen LogP contribution in [0.1, 0.15) is 11.1 Å². The first-order valence-electron chi connectivity index (χ1n) is 10.1. The van der Waals surface area contributed by atoms with E-state index in [0.29, 0.717) is 16.5 Å². The zero-order chi connectivity index (χ0) is 24.0. The Morgan fingerprint density at radius 1 is 0.970 bits per heavy atom. The third-order valence-electron chi connectivity index (χ3n) is 4.92. The van der Waals surface area contributed by atoms with E-state index in [4.69, 9.17) is 21.1 Å². The Kier molecular flexibility index (Phi) is 7.97. The summed E-state index contributed by atoms with van der Waals surface area (Å²) in [5.74, 6) is 0.118. The van der Waals surface area contributed by atoms with Crippen molar-refractivity contribution in [2.24, 2.45) is 0 Å². The Morgan fingerprint density at radius 2 is 1.64 bits per heavy atom. The fourth-order valence-electron chi connectivity index (χ4n) is 3.26. The molecule has 0 saturated heterocycles. The quantitative estimate of drug-likeness (QED) is 0.471. The third-order valence-corrected chi connectivity index (χ3v) is 6.71. The maximum Gasteiger partial charge on any atom is 0.245 e. The van der Waals surface area contributed by atoms with Crippen molar-refractivity contribution in [1.29, 1.82) is 0 Å². The highest BCUT2D eigenvalue weighted by molar-refractivity contribution is 7.89. The lowest BCUT2D eigenvalue weighted by Gasteiger charge is -2.20. The molecule has 174 valence electrons. The van der Waals surface area contributed by atoms with E-state index in [1.165, 1.54) is 26.4 Å². The second kappa shape index (κ2) is 10.7. The lowest BCUT2D eigenvalue weighted by Crippen LogP contribution is -2.45. The molecular formula is C24H25ClN2O5S. The van der Waals surface area contributed by atoms with Crippen molar-refractivity contribution in [1.82, 2.24) is 4.72 Å². The molecule has 9 heteroatoms. The van der Waals surface area contributed by atoms with Crippen molar-refractivity contribution < 1.29 is 22.7 Å². The van der Waals surface area contributed by atoms with Gasteiger partial charge < -0.3 is 14.8 Å². The second-order valence-electron chi connectivity index (χ2n) is 7.36. The second-order valence-corrected chi connectivity index (χ2v) is 9.45. The number of amides is 1. The highest BCUT2D eigenvalue weighted by Gasteiger charge is 2.28. The molecule has 0 heterocycles. The van der Waals surface area contributed by atoms with Gasteiger partial charge >= 0.3 is 0 Å². The number of nitrogens with one attached hydrogen (secondary N) is 2. The molecule has 0 aliphatic carbocycles. The van der Waals surface area contributed by atoms with Crippen LogP contribution >= 0.6 is 11.6 Å². The third kappa shape index (κ3) is 6.25. The molecule has 33 heavy (non-hydrogen) atoms. The van der Waals surface area contributed by atoms with Crippen LogP contribution in [0.4, 0.5) is 5.69 Å². The normalized spacial score (nSPS) is 12.1. The van der Waals surface area contributed by atoms with Crippen LogP contribution < -0.4 is 19.5 Å². The molecule has 0 saturated carbocycles. The van der Waals surface area contributed by atoms with Crippen molar-refractivity contribution in [2.75, 3.05) is 19.5 Å². The number of sulfonamides is 1. The Labute approximate surface area is 198 Å². The molecule has 0 spiro atoms. The average molecular weight is 489 g/mol. The van der Waals surface area contributed by atoms with Gasteiger partial charge in [0.1, 0.15) is 22.4 Å². The first-order chi connectivity index (χ1) is 15.7. The van der Waals surface area contributed by atoms with Gasteiger partial charge in [-0.25, -0.2) is 8.42 Å². The van der Waals surface area contributed by atoms with Crippen molar-refractivity contribution >= 4 is 33.2 Å². The Morgan fingerprint density at radius 3 is 2.27 bits per heavy atom. The van der Waals surface area contributed by atoms with Gasteiger partial charge in [0.15, 0.2) is 0 Å². The number of halogens is 1. The number of aryl methyl sites for hydroxylation is 1. The van der Waals surface area contributed by atoms with Crippen LogP contribution in [0, 0.1) is 6.92 Å². The van der Waals surface area contributed by atoms with Gasteiger partial charge in [-0.15, -0.1) is 0 Å². The molecule has 1 atom stereocenters. The highest BCUT2D eigenvalue weighted by atomic mass is 35.5. The van der Waals surface area contributed by atoms with Crippen LogP contribution in [-0.4, -0.2) is 34.6 Å². The first-order valence-corrected chi connectivity index (χ1v) is 11.9. The fourth-order valence-corrected chi connectivity index (χ4v) is 4.96. The van der Waals surface area contributed by atoms with E-state index in [1.54, 1.807) is 31.2 Å². The van der Waals surface area contributed by atoms with Crippen molar-refractivity contribution in [3.63, 3.8) is 0 Å². The lowest BCUT2D eigenvalue weighted by atomic mass is 10.1. The smallest absolute Gasteiger partial charge is 0.245 e. The number of anilines is 1. The van der Waals surface area contributed by atoms with E-state index in [0.717, 1.165) is 11.1 Å². The zero-order valence-corrected chi connectivity index (χ0v) is 20.0. The van der Waals surface area contributed by atoms with Crippen LogP contribution in [0.25, 0.3) is 0 Å². The molecule has 3 aromatic carbocycles. The minimum absolute atomic E-state index is 0.0386. The summed E-state index contributed by atoms with van der Waals surface area (Å²) in [5.41, 5.74) is 1.95. The van der Waals surface area contributed by atoms with E-state index in [9.17, 15) is 13.2 Å². The minimum atomic E-state index is -4.08. The zero-order valence-electron chi connectivity index (χ0n) is 18.5. The number of carbonyl (C=O) groups is 1. The SMILES string of the molecule is COc1ccc(NC(=O)[C@H](Cc2ccccc2)NS(=O)(=O)c2cc(C)ccc2OC)cc1Cl. The summed E-state index contributed by atoms with van der Waals surface area (Å²) in [6.07, 6.45) is 0.143. The standard InChI is InChI=1S/C24H25ClN2O5S/c1-16-9-11-22(32-3)23(13-16)33(29,30)27-20(14-17-7-5-4-6-8-17)24(28)26-18-10-12-21(31-2)19(25)15-18/h4-13,15,20,27H,14H2,1-3H3,(H,26,28)/t20-/m0/s1. The largest absolute Gasteiger partial charge is 0.495 e. The maximum absolute atomic E-state index is 13.3. The van der Waals surface area contributed by atoms with Gasteiger partial charge in [-0.2, -0.15) is 4.72 Å². The van der Waals surface area contributed by atoms with Crippen LogP contribution in [0.15, 0.2) is 71.6 Å². The van der Waals surface area contributed by atoms with Crippen molar-refractivity contribution in [3.8, 4) is 11.5 Å². The first kappa shape index (κ1) is 24.6. The fraction of sp³-hybridized carbons (Fsp3) is 0.208. The molecule has 0 fully saturated rings. The molecule has 7 nitrogen and oxygen atoms in total. The molecule has 3 aromatic rings. The van der Waals surface area contributed by atoms with Gasteiger partial charge in [0.2, 0.25) is 15.9 Å². The van der Waals surface area contributed by atoms with Crippen LogP contribution in [0.3, 0.4) is 0 Å². The topological polar surface area (TPSA) is 93.7 Å². The number of methoxy groups -OCH3 is 2. The van der Waals surface area contributed by atoms with Gasteiger partial charge in [-0.05, 0) is 54.8 Å². The minimum Gasteiger partial charge on any atom is -0.495 e. The summed E-state index contributed by atoms with van der Waals surface area (Å²) in [6.45, 7) is 1.78. The number of ether oxygens (including phenoxy) is 2. The van der Waals surface area contributed by atoms with Crippen molar-refractivity contribution in [2.45, 2.75) is 24.3 Å². The van der Waals surface area contributed by atoms with E-state index in [1.807, 2.05) is 30.3 Å². The van der Waals surface area contributed by atoms with E-state index in [2.05, 4.69) is 10.0 Å². The Bertz CT molecular complexity index is 1230. The highest BCUT2D eigenvalue weighted by Crippen LogP contribution is 2.28. The van der Waals surface area contributed by atoms with Gasteiger partial charge in [0.25, 0.3) is 0 Å². The van der Waals surface area contributed by atoms with Gasteiger partial charge in [-0.3, -0.25) is 4.79 Å². The molecule has 0 radical (unpaired) electrons. The average Bonchev–Trinajstić information content (AvgIpc) is 2.79. The molecular weight excluding hydrogens is 464 g/mol. The monoisotopic (exact) mass is 488 g/mol. The van der Waals surface area contributed by atoms with Gasteiger partial charge in [-0.1, -0.05) is 48.0 Å². The summed E-state index contributed by atoms with van der Waals surface area (Å²) < 4.78 is 39.4. The number of carbonyl (C=O) groups excluding carboxylic acids is 1. The maximum atomic E-state index is 13.3. The predicted molar refractivity (Wildman–Crippen MR) is 129 cm³/mol. The molecule has 0 aliphatic rings. The Balaban J connectivity index is 1.92. The van der Waals surface area contributed by atoms with Gasteiger partial charge in [0.05, 0.1) is 19.2 Å². The Hall–Kier alpha value is -3.07. The summed E-state index contributed by atoms with van der Waals surface area (Å²) in [4.78, 5) is 13.1.